The fourth-order valence-corrected chi connectivity index (χ4v) is 3.03. The van der Waals surface area contributed by atoms with E-state index in [1.54, 1.807) is 6.20 Å². The molecule has 0 aromatic heterocycles. The Morgan fingerprint density at radius 3 is 2.38 bits per heavy atom. The minimum Gasteiger partial charge on any atom is -0.465 e. The van der Waals surface area contributed by atoms with E-state index in [0.29, 0.717) is 24.3 Å². The molecule has 0 saturated carbocycles. The lowest BCUT2D eigenvalue weighted by molar-refractivity contribution is -0.0193. The summed E-state index contributed by atoms with van der Waals surface area (Å²) in [4.78, 5) is 2.45. The highest BCUT2D eigenvalue weighted by Crippen LogP contribution is 2.32. The van der Waals surface area contributed by atoms with E-state index in [1.165, 1.54) is 0 Å². The van der Waals surface area contributed by atoms with Crippen LogP contribution in [0.5, 0.6) is 5.75 Å². The van der Waals surface area contributed by atoms with Crippen LogP contribution in [0.25, 0.3) is 5.57 Å². The lowest BCUT2D eigenvalue weighted by Gasteiger charge is -2.31. The summed E-state index contributed by atoms with van der Waals surface area (Å²) < 4.78 is 5.71. The zero-order valence-corrected chi connectivity index (χ0v) is 16.0. The summed E-state index contributed by atoms with van der Waals surface area (Å²) in [5.74, 6) is 0.696. The second-order valence-corrected chi connectivity index (χ2v) is 6.80. The van der Waals surface area contributed by atoms with Gasteiger partial charge in [-0.3, -0.25) is 4.90 Å². The highest BCUT2D eigenvalue weighted by molar-refractivity contribution is 5.73. The molecule has 1 rings (SSSR count). The third-order valence-corrected chi connectivity index (χ3v) is 4.34. The fourth-order valence-electron chi connectivity index (χ4n) is 3.03. The summed E-state index contributed by atoms with van der Waals surface area (Å²) in [6, 6.07) is 6.86. The average Bonchev–Trinajstić information content (AvgIpc) is 2.52. The molecule has 0 unspecified atom stereocenters. The first-order valence-corrected chi connectivity index (χ1v) is 8.92. The van der Waals surface area contributed by atoms with Crippen LogP contribution in [0.15, 0.2) is 24.4 Å². The van der Waals surface area contributed by atoms with Gasteiger partial charge in [0.2, 0.25) is 0 Å². The van der Waals surface area contributed by atoms with Crippen molar-refractivity contribution in [1.82, 2.24) is 4.90 Å². The SMILES string of the molecule is CC[C@H](O)Oc1cccc(C)c1/C(=C\N)CCN(C(C)C)C(C)C. The van der Waals surface area contributed by atoms with E-state index in [2.05, 4.69) is 32.6 Å². The normalized spacial score (nSPS) is 13.8. The van der Waals surface area contributed by atoms with Crippen LogP contribution in [-0.2, 0) is 0 Å². The average molecular weight is 335 g/mol. The quantitative estimate of drug-likeness (QED) is 0.672. The molecule has 0 aliphatic carbocycles. The van der Waals surface area contributed by atoms with Gasteiger partial charge in [-0.1, -0.05) is 19.1 Å². The Morgan fingerprint density at radius 1 is 1.25 bits per heavy atom. The number of hydrogen-bond donors (Lipinski definition) is 2. The van der Waals surface area contributed by atoms with Crippen molar-refractivity contribution in [2.75, 3.05) is 6.54 Å². The summed E-state index contributed by atoms with van der Waals surface area (Å²) in [6.45, 7) is 13.7. The predicted octanol–water partition coefficient (Wildman–Crippen LogP) is 3.91. The maximum absolute atomic E-state index is 9.86. The summed E-state index contributed by atoms with van der Waals surface area (Å²) in [6.07, 6.45) is 2.26. The maximum Gasteiger partial charge on any atom is 0.197 e. The largest absolute Gasteiger partial charge is 0.465 e. The number of rotatable bonds is 9. The van der Waals surface area contributed by atoms with Crippen LogP contribution >= 0.6 is 0 Å². The lowest BCUT2D eigenvalue weighted by Crippen LogP contribution is -2.37. The van der Waals surface area contributed by atoms with E-state index < -0.39 is 6.29 Å². The molecule has 4 heteroatoms. The summed E-state index contributed by atoms with van der Waals surface area (Å²) >= 11 is 0. The van der Waals surface area contributed by atoms with Crippen molar-refractivity contribution >= 4 is 5.57 Å². The van der Waals surface area contributed by atoms with Gasteiger partial charge in [-0.05, 0) is 64.4 Å². The van der Waals surface area contributed by atoms with Crippen molar-refractivity contribution < 1.29 is 9.84 Å². The monoisotopic (exact) mass is 334 g/mol. The molecule has 1 aromatic rings. The molecular formula is C20H34N2O2. The van der Waals surface area contributed by atoms with Gasteiger partial charge in [-0.15, -0.1) is 0 Å². The Balaban J connectivity index is 3.04. The van der Waals surface area contributed by atoms with Crippen LogP contribution in [0, 0.1) is 6.92 Å². The molecule has 0 spiro atoms. The minimum absolute atomic E-state index is 0.485. The number of aliphatic hydroxyl groups is 1. The standard InChI is InChI=1S/C20H34N2O2/c1-7-19(23)24-18-10-8-9-16(6)20(18)17(13-21)11-12-22(14(2)3)15(4)5/h8-10,13-15,19,23H,7,11-12,21H2,1-6H3/b17-13-/t19-/m1/s1. The van der Waals surface area contributed by atoms with Crippen molar-refractivity contribution in [2.24, 2.45) is 5.73 Å². The van der Waals surface area contributed by atoms with Gasteiger partial charge in [-0.2, -0.15) is 0 Å². The van der Waals surface area contributed by atoms with E-state index in [4.69, 9.17) is 10.5 Å². The third-order valence-electron chi connectivity index (χ3n) is 4.34. The molecule has 24 heavy (non-hydrogen) atoms. The van der Waals surface area contributed by atoms with Crippen molar-refractivity contribution in [1.29, 1.82) is 0 Å². The maximum atomic E-state index is 9.86. The molecule has 0 fully saturated rings. The van der Waals surface area contributed by atoms with Crippen LogP contribution in [0.4, 0.5) is 0 Å². The topological polar surface area (TPSA) is 58.7 Å². The van der Waals surface area contributed by atoms with E-state index >= 15 is 0 Å². The first-order chi connectivity index (χ1) is 11.3. The molecule has 0 bridgehead atoms. The zero-order valence-electron chi connectivity index (χ0n) is 16.0. The van der Waals surface area contributed by atoms with Gasteiger partial charge in [0.25, 0.3) is 0 Å². The first kappa shape index (κ1) is 20.5. The summed E-state index contributed by atoms with van der Waals surface area (Å²) in [5, 5.41) is 9.86. The number of nitrogens with two attached hydrogens (primary N) is 1. The van der Waals surface area contributed by atoms with Gasteiger partial charge in [0, 0.05) is 30.6 Å². The van der Waals surface area contributed by atoms with E-state index in [1.807, 2.05) is 32.0 Å². The zero-order chi connectivity index (χ0) is 18.3. The van der Waals surface area contributed by atoms with Crippen LogP contribution in [-0.4, -0.2) is 34.9 Å². The number of nitrogens with zero attached hydrogens (tertiary/aromatic N) is 1. The number of aliphatic hydroxyl groups excluding tert-OH is 1. The molecule has 4 nitrogen and oxygen atoms in total. The smallest absolute Gasteiger partial charge is 0.197 e. The lowest BCUT2D eigenvalue weighted by atomic mass is 9.97. The number of benzene rings is 1. The van der Waals surface area contributed by atoms with Crippen LogP contribution < -0.4 is 10.5 Å². The third kappa shape index (κ3) is 5.53. The van der Waals surface area contributed by atoms with Crippen molar-refractivity contribution in [3.63, 3.8) is 0 Å². The van der Waals surface area contributed by atoms with E-state index in [9.17, 15) is 5.11 Å². The molecule has 0 heterocycles. The second-order valence-electron chi connectivity index (χ2n) is 6.80. The van der Waals surface area contributed by atoms with Gasteiger partial charge in [0.1, 0.15) is 5.75 Å². The molecule has 0 radical (unpaired) electrons. The highest BCUT2D eigenvalue weighted by Gasteiger charge is 2.18. The van der Waals surface area contributed by atoms with Gasteiger partial charge in [0.15, 0.2) is 6.29 Å². The Bertz CT molecular complexity index is 530. The van der Waals surface area contributed by atoms with Crippen LogP contribution in [0.3, 0.4) is 0 Å². The van der Waals surface area contributed by atoms with Crippen molar-refractivity contribution in [3.05, 3.63) is 35.5 Å². The fraction of sp³-hybridized carbons (Fsp3) is 0.600. The Labute approximate surface area is 147 Å². The molecule has 0 saturated heterocycles. The van der Waals surface area contributed by atoms with Crippen molar-refractivity contribution in [2.45, 2.75) is 72.8 Å². The van der Waals surface area contributed by atoms with Crippen molar-refractivity contribution in [3.8, 4) is 5.75 Å². The number of hydrogen-bond acceptors (Lipinski definition) is 4. The molecule has 3 N–H and O–H groups in total. The summed E-state index contributed by atoms with van der Waals surface area (Å²) in [7, 11) is 0. The van der Waals surface area contributed by atoms with Crippen LogP contribution in [0.2, 0.25) is 0 Å². The second kappa shape index (κ2) is 9.70. The molecule has 1 aromatic carbocycles. The Kier molecular flexibility index (Phi) is 8.29. The molecule has 0 aliphatic heterocycles. The minimum atomic E-state index is -0.799. The van der Waals surface area contributed by atoms with Gasteiger partial charge < -0.3 is 15.6 Å². The van der Waals surface area contributed by atoms with E-state index in [0.717, 1.165) is 29.7 Å². The molecular weight excluding hydrogens is 300 g/mol. The predicted molar refractivity (Wildman–Crippen MR) is 102 cm³/mol. The highest BCUT2D eigenvalue weighted by atomic mass is 16.6. The van der Waals surface area contributed by atoms with E-state index in [-0.39, 0.29) is 0 Å². The molecule has 136 valence electrons. The Hall–Kier alpha value is -1.52. The summed E-state index contributed by atoms with van der Waals surface area (Å²) in [5.41, 5.74) is 9.10. The molecule has 1 atom stereocenters. The number of aryl methyl sites for hydroxylation is 1. The molecule has 0 amide bonds. The molecule has 0 aliphatic rings. The Morgan fingerprint density at radius 2 is 1.88 bits per heavy atom. The van der Waals surface area contributed by atoms with Gasteiger partial charge in [0.05, 0.1) is 0 Å². The first-order valence-electron chi connectivity index (χ1n) is 8.92. The number of ether oxygens (including phenoxy) is 1. The van der Waals surface area contributed by atoms with Gasteiger partial charge >= 0.3 is 0 Å². The van der Waals surface area contributed by atoms with Crippen LogP contribution in [0.1, 0.15) is 58.6 Å². The van der Waals surface area contributed by atoms with Gasteiger partial charge in [-0.25, -0.2) is 0 Å².